The zero-order chi connectivity index (χ0) is 15.3. The van der Waals surface area contributed by atoms with E-state index in [-0.39, 0.29) is 0 Å². The van der Waals surface area contributed by atoms with Crippen LogP contribution in [0.3, 0.4) is 0 Å². The van der Waals surface area contributed by atoms with Gasteiger partial charge in [0.15, 0.2) is 5.13 Å². The Morgan fingerprint density at radius 3 is 2.95 bits per heavy atom. The Bertz CT molecular complexity index is 740. The number of carboxylic acids is 1. The van der Waals surface area contributed by atoms with Gasteiger partial charge in [-0.2, -0.15) is 0 Å². The Morgan fingerprint density at radius 1 is 1.41 bits per heavy atom. The highest BCUT2D eigenvalue weighted by atomic mass is 32.1. The van der Waals surface area contributed by atoms with Crippen LogP contribution in [0.25, 0.3) is 0 Å². The molecular formula is C17H18N2O2S. The Hall–Kier alpha value is -1.88. The van der Waals surface area contributed by atoms with E-state index in [2.05, 4.69) is 35.0 Å². The van der Waals surface area contributed by atoms with Crippen molar-refractivity contribution in [1.29, 1.82) is 0 Å². The molecule has 2 aliphatic rings. The topological polar surface area (TPSA) is 53.4 Å². The normalized spacial score (nSPS) is 21.9. The van der Waals surface area contributed by atoms with Crippen molar-refractivity contribution >= 4 is 28.1 Å². The Kier molecular flexibility index (Phi) is 3.18. The van der Waals surface area contributed by atoms with E-state index in [9.17, 15) is 4.79 Å². The fourth-order valence-corrected chi connectivity index (χ4v) is 4.86. The molecule has 2 bridgehead atoms. The number of aromatic nitrogens is 1. The zero-order valence-corrected chi connectivity index (χ0v) is 13.3. The van der Waals surface area contributed by atoms with E-state index in [1.807, 2.05) is 0 Å². The summed E-state index contributed by atoms with van der Waals surface area (Å²) in [4.78, 5) is 17.9. The molecule has 2 aliphatic carbocycles. The van der Waals surface area contributed by atoms with Crippen LogP contribution in [0.1, 0.15) is 58.8 Å². The average Bonchev–Trinajstić information content (AvgIpc) is 3.24. The molecule has 2 aromatic rings. The Morgan fingerprint density at radius 2 is 2.23 bits per heavy atom. The minimum atomic E-state index is -0.905. The Labute approximate surface area is 133 Å². The number of carboxylic acid groups (broad SMARTS) is 1. The van der Waals surface area contributed by atoms with Crippen LogP contribution in [0.15, 0.2) is 24.4 Å². The lowest BCUT2D eigenvalue weighted by atomic mass is 9.90. The molecule has 4 nitrogen and oxygen atoms in total. The molecule has 0 amide bonds. The van der Waals surface area contributed by atoms with Gasteiger partial charge in [0.25, 0.3) is 0 Å². The maximum atomic E-state index is 11.1. The number of rotatable bonds is 4. The zero-order valence-electron chi connectivity index (χ0n) is 12.5. The van der Waals surface area contributed by atoms with Gasteiger partial charge in [-0.3, -0.25) is 0 Å². The molecule has 1 fully saturated rings. The first-order chi connectivity index (χ1) is 10.7. The van der Waals surface area contributed by atoms with Gasteiger partial charge >= 0.3 is 5.97 Å². The fraction of sp³-hybridized carbons (Fsp3) is 0.412. The molecule has 5 heteroatoms. The third kappa shape index (κ3) is 1.96. The van der Waals surface area contributed by atoms with Gasteiger partial charge in [-0.25, -0.2) is 9.78 Å². The number of benzene rings is 1. The first-order valence-electron chi connectivity index (χ1n) is 7.78. The molecule has 2 atom stereocenters. The van der Waals surface area contributed by atoms with Crippen molar-refractivity contribution in [3.63, 3.8) is 0 Å². The molecule has 2 unspecified atom stereocenters. The first kappa shape index (κ1) is 13.8. The van der Waals surface area contributed by atoms with Crippen molar-refractivity contribution in [2.75, 3.05) is 11.4 Å². The molecular weight excluding hydrogens is 296 g/mol. The quantitative estimate of drug-likeness (QED) is 0.911. The number of aromatic carboxylic acids is 1. The van der Waals surface area contributed by atoms with E-state index in [4.69, 9.17) is 5.11 Å². The summed E-state index contributed by atoms with van der Waals surface area (Å²) < 4.78 is 0. The highest BCUT2D eigenvalue weighted by Crippen LogP contribution is 2.56. The summed E-state index contributed by atoms with van der Waals surface area (Å²) in [5, 5.41) is 9.89. The lowest BCUT2D eigenvalue weighted by molar-refractivity contribution is 0.0702. The number of nitrogens with zero attached hydrogens (tertiary/aromatic N) is 2. The SMILES string of the molecule is CCN(c1ncc(C(=O)O)s1)c1cccc2c1C1CCC2C1. The highest BCUT2D eigenvalue weighted by Gasteiger charge is 2.39. The van der Waals surface area contributed by atoms with Crippen LogP contribution in [-0.4, -0.2) is 22.6 Å². The van der Waals surface area contributed by atoms with Gasteiger partial charge in [-0.1, -0.05) is 23.5 Å². The monoisotopic (exact) mass is 314 g/mol. The molecule has 4 rings (SSSR count). The summed E-state index contributed by atoms with van der Waals surface area (Å²) in [6.45, 7) is 2.88. The van der Waals surface area contributed by atoms with Crippen molar-refractivity contribution in [2.24, 2.45) is 0 Å². The molecule has 0 spiro atoms. The smallest absolute Gasteiger partial charge is 0.347 e. The lowest BCUT2D eigenvalue weighted by Crippen LogP contribution is -2.18. The van der Waals surface area contributed by atoms with Crippen molar-refractivity contribution < 1.29 is 9.90 Å². The van der Waals surface area contributed by atoms with Crippen LogP contribution in [-0.2, 0) is 0 Å². The average molecular weight is 314 g/mol. The minimum absolute atomic E-state index is 0.294. The summed E-state index contributed by atoms with van der Waals surface area (Å²) in [5.74, 6) is 0.492. The maximum absolute atomic E-state index is 11.1. The molecule has 1 N–H and O–H groups in total. The summed E-state index contributed by atoms with van der Waals surface area (Å²) >= 11 is 1.25. The van der Waals surface area contributed by atoms with E-state index in [0.29, 0.717) is 10.8 Å². The predicted octanol–water partition coefficient (Wildman–Crippen LogP) is 4.36. The predicted molar refractivity (Wildman–Crippen MR) is 87.5 cm³/mol. The molecule has 1 aromatic heterocycles. The van der Waals surface area contributed by atoms with Crippen LogP contribution in [0.5, 0.6) is 0 Å². The van der Waals surface area contributed by atoms with E-state index in [0.717, 1.165) is 17.6 Å². The Balaban J connectivity index is 1.78. The van der Waals surface area contributed by atoms with Crippen molar-refractivity contribution in [3.05, 3.63) is 40.4 Å². The van der Waals surface area contributed by atoms with Crippen molar-refractivity contribution in [2.45, 2.75) is 38.0 Å². The van der Waals surface area contributed by atoms with Crippen molar-refractivity contribution in [1.82, 2.24) is 4.98 Å². The number of hydrogen-bond acceptors (Lipinski definition) is 4. The van der Waals surface area contributed by atoms with E-state index >= 15 is 0 Å². The van der Waals surface area contributed by atoms with Crippen LogP contribution in [0.2, 0.25) is 0 Å². The summed E-state index contributed by atoms with van der Waals surface area (Å²) in [7, 11) is 0. The number of fused-ring (bicyclic) bond motifs is 5. The van der Waals surface area contributed by atoms with E-state index < -0.39 is 5.97 Å². The van der Waals surface area contributed by atoms with Gasteiger partial charge in [0.1, 0.15) is 4.88 Å². The number of hydrogen-bond donors (Lipinski definition) is 1. The fourth-order valence-electron chi connectivity index (χ4n) is 4.03. The molecule has 22 heavy (non-hydrogen) atoms. The summed E-state index contributed by atoms with van der Waals surface area (Å²) in [6.07, 6.45) is 5.33. The van der Waals surface area contributed by atoms with Gasteiger partial charge in [0.05, 0.1) is 6.20 Å². The largest absolute Gasteiger partial charge is 0.477 e. The first-order valence-corrected chi connectivity index (χ1v) is 8.60. The van der Waals surface area contributed by atoms with Gasteiger partial charge in [0, 0.05) is 12.2 Å². The van der Waals surface area contributed by atoms with Crippen LogP contribution in [0.4, 0.5) is 10.8 Å². The number of carbonyl (C=O) groups is 1. The van der Waals surface area contributed by atoms with Crippen LogP contribution >= 0.6 is 11.3 Å². The van der Waals surface area contributed by atoms with Gasteiger partial charge < -0.3 is 10.0 Å². The second kappa shape index (κ2) is 5.09. The summed E-state index contributed by atoms with van der Waals surface area (Å²) in [5.41, 5.74) is 4.20. The molecule has 114 valence electrons. The van der Waals surface area contributed by atoms with Gasteiger partial charge in [0.2, 0.25) is 0 Å². The number of thiazole rings is 1. The molecule has 0 radical (unpaired) electrons. The van der Waals surface area contributed by atoms with Crippen LogP contribution < -0.4 is 4.90 Å². The molecule has 1 aromatic carbocycles. The molecule has 0 saturated heterocycles. The molecule has 0 aliphatic heterocycles. The highest BCUT2D eigenvalue weighted by molar-refractivity contribution is 7.17. The number of anilines is 2. The van der Waals surface area contributed by atoms with Crippen LogP contribution in [0, 0.1) is 0 Å². The summed E-state index contributed by atoms with van der Waals surface area (Å²) in [6, 6.07) is 6.55. The standard InChI is InChI=1S/C17H18N2O2S/c1-2-19(17-18-9-14(22-17)16(20)21)13-5-3-4-12-10-6-7-11(8-10)15(12)13/h3-5,9-11H,2,6-8H2,1H3,(H,20,21). The third-order valence-corrected chi connectivity index (χ3v) is 5.95. The second-order valence-corrected chi connectivity index (χ2v) is 7.05. The van der Waals surface area contributed by atoms with Crippen molar-refractivity contribution in [3.8, 4) is 0 Å². The second-order valence-electron chi connectivity index (χ2n) is 6.04. The van der Waals surface area contributed by atoms with Gasteiger partial charge in [-0.15, -0.1) is 0 Å². The van der Waals surface area contributed by atoms with E-state index in [1.165, 1.54) is 53.6 Å². The van der Waals surface area contributed by atoms with Gasteiger partial charge in [-0.05, 0) is 55.2 Å². The minimum Gasteiger partial charge on any atom is -0.477 e. The van der Waals surface area contributed by atoms with E-state index in [1.54, 1.807) is 0 Å². The lowest BCUT2D eigenvalue weighted by Gasteiger charge is -2.26. The molecule has 1 saturated carbocycles. The third-order valence-electron chi connectivity index (χ3n) is 4.94. The maximum Gasteiger partial charge on any atom is 0.347 e. The molecule has 1 heterocycles.